The van der Waals surface area contributed by atoms with Gasteiger partial charge in [0.1, 0.15) is 101 Å². The van der Waals surface area contributed by atoms with Crippen molar-refractivity contribution in [3.8, 4) is 74.0 Å². The Kier molecular flexibility index (Phi) is 29.9. The minimum Gasteiger partial charge on any atom is -0.508 e. The van der Waals surface area contributed by atoms with Crippen molar-refractivity contribution in [1.29, 1.82) is 0 Å². The van der Waals surface area contributed by atoms with Crippen molar-refractivity contribution in [2.45, 2.75) is 214 Å². The lowest BCUT2D eigenvalue weighted by Gasteiger charge is -2.48. The van der Waals surface area contributed by atoms with Crippen LogP contribution in [0.25, 0.3) is 22.3 Å². The van der Waals surface area contributed by atoms with E-state index < -0.39 is 250 Å². The fraction of sp³-hybridized carbons (Fsp3) is 0.404. The Morgan fingerprint density at radius 1 is 0.617 bits per heavy atom. The van der Waals surface area contributed by atoms with Crippen LogP contribution >= 0.6 is 23.2 Å². The average molecular weight is 1880 g/mol. The number of ether oxygens (including phenoxy) is 9. The van der Waals surface area contributed by atoms with Gasteiger partial charge in [0.15, 0.2) is 30.2 Å². The van der Waals surface area contributed by atoms with Crippen LogP contribution in [0.1, 0.15) is 137 Å². The number of nitrogens with two attached hydrogens (primary N) is 2. The summed E-state index contributed by atoms with van der Waals surface area (Å²) in [7, 11) is 2.94. The highest BCUT2D eigenvalue weighted by Crippen LogP contribution is 2.51. The first-order valence-electron chi connectivity index (χ1n) is 43.1. The zero-order chi connectivity index (χ0) is 95.5. The van der Waals surface area contributed by atoms with Crippen molar-refractivity contribution in [3.63, 3.8) is 0 Å². The number of hydrogen-bond acceptors (Lipinski definition) is 29. The van der Waals surface area contributed by atoms with Crippen molar-refractivity contribution >= 4 is 70.5 Å². The summed E-state index contributed by atoms with van der Waals surface area (Å²) < 4.78 is 58.8. The van der Waals surface area contributed by atoms with E-state index in [0.29, 0.717) is 11.3 Å². The van der Waals surface area contributed by atoms with Gasteiger partial charge in [-0.05, 0) is 164 Å². The number of halogens is 2. The second-order valence-electron chi connectivity index (χ2n) is 34.8. The van der Waals surface area contributed by atoms with Crippen LogP contribution in [0.5, 0.6) is 51.7 Å². The van der Waals surface area contributed by atoms with Crippen molar-refractivity contribution in [2.75, 3.05) is 20.8 Å². The predicted octanol–water partition coefficient (Wildman–Crippen LogP) is 5.08. The molecule has 8 amide bonds. The first-order chi connectivity index (χ1) is 63.3. The number of aliphatic hydroxyl groups excluding tert-OH is 6. The molecule has 39 heteroatoms. The van der Waals surface area contributed by atoms with Gasteiger partial charge in [-0.15, -0.1) is 0 Å². The quantitative estimate of drug-likeness (QED) is 0.0420. The van der Waals surface area contributed by atoms with Crippen LogP contribution < -0.4 is 78.3 Å². The topological polar surface area (TPSA) is 562 Å². The Balaban J connectivity index is 0.971. The highest BCUT2D eigenvalue weighted by atomic mass is 35.5. The van der Waals surface area contributed by atoms with Crippen LogP contribution in [0.15, 0.2) is 158 Å². The van der Waals surface area contributed by atoms with Gasteiger partial charge < -0.3 is 148 Å². The number of methoxy groups -OCH3 is 1. The lowest BCUT2D eigenvalue weighted by atomic mass is 9.84. The number of carbonyl (C=O) groups is 8. The fourth-order valence-corrected chi connectivity index (χ4v) is 17.7. The number of rotatable bonds is 22. The molecule has 8 aromatic rings. The van der Waals surface area contributed by atoms with Gasteiger partial charge in [-0.25, -0.2) is 0 Å². The minimum atomic E-state index is -2.39. The van der Waals surface area contributed by atoms with Gasteiger partial charge in [-0.3, -0.25) is 38.4 Å². The first kappa shape index (κ1) is 97.2. The standard InChI is InChI=1S/C94H107Cl2N11O26/c1-42(2)28-59(99-7)85(118)106-75-77(113)50-21-26-63(57(95)30-50)128-65-32-52-33-66(81(65)133-92-82(79(115)78(114)67(41-108)130-92)132-70-38-94(6,84(117)44(4)127-70)101-40-46-14-18-48(19-15-46)47-12-10-9-11-13-47)129-64-27-22-51(31-58(64)96)80(131-69-37-93(5,98)83(116)43(3)126-69)76-91(124)105-74(87(120)100-39-45-16-23-54(125-8)24-17-45)56-34-53(109)35-62(111)71(56)55-29-49(20-25-61(55)110)72(88(121)107-76)104-89(122)73(52)103-86(119)60(36-68(97)112)102-90(75)123/h9-27,29-35,42-44,59-60,67,69-70,72-80,82-84,92,99,101,108-111,113-117H,28,36-41,98H2,1-8H3,(H2,97,112)(H,100,120)(H,102,123)(H,103,119)(H,104,122)(H,105,124)(H,106,118)(H,107,121)/t43-,44-,59+,60-,67+,69-,70-,72+,73+,74-,75+,76-,77+,78+,79-,80+,82+,83-,84-,92-,93-,94-/m0/s1. The maximum absolute atomic E-state index is 16.8. The Bertz CT molecular complexity index is 5650. The van der Waals surface area contributed by atoms with Crippen LogP contribution in [0.2, 0.25) is 10.0 Å². The second-order valence-corrected chi connectivity index (χ2v) is 35.6. The largest absolute Gasteiger partial charge is 0.508 e. The number of primary amides is 1. The van der Waals surface area contributed by atoms with Gasteiger partial charge >= 0.3 is 0 Å². The van der Waals surface area contributed by atoms with Gasteiger partial charge in [0.25, 0.3) is 0 Å². The fourth-order valence-electron chi connectivity index (χ4n) is 17.2. The lowest BCUT2D eigenvalue weighted by molar-refractivity contribution is -0.334. The van der Waals surface area contributed by atoms with E-state index in [0.717, 1.165) is 65.2 Å². The van der Waals surface area contributed by atoms with E-state index in [-0.39, 0.29) is 77.0 Å². The summed E-state index contributed by atoms with van der Waals surface area (Å²) in [6, 6.07) is 24.6. The van der Waals surface area contributed by atoms with Crippen LogP contribution in [0.3, 0.4) is 0 Å². The zero-order valence-corrected chi connectivity index (χ0v) is 75.0. The van der Waals surface area contributed by atoms with Crippen LogP contribution in [0.4, 0.5) is 0 Å². The number of nitrogens with one attached hydrogen (secondary N) is 9. The maximum atomic E-state index is 16.8. The SMILES string of the molecule is CN[C@H](CC(C)C)C(=O)N[C@H]1C(=O)N[C@@H](CC(N)=O)C(=O)N[C@H]2C(=O)N[C@H]3C(=O)N[C@H](C(=O)N[C@H](C(=O)NCc4ccc(OC)cc4)c4cc(O)cc(O)c4-c4cc3ccc4O)[C@H](O[C@H]3C[C@](C)(N)[C@@H](O)[C@H](C)O3)c3ccc(c(Cl)c3)Oc3cc2cc(c3O[C@@H]2O[C@H](CO)[C@@H](O)[C@H](O)[C@H]2O[C@H]2C[C@](C)(NCc3ccc(-c4ccccc4)cc3)[C@@H](O)[C@H](C)O2)Oc2ccc(cc2Cl)[C@H]1O. The number of likely N-dealkylation sites (N-methyl/N-ethyl adjacent to an activating group) is 1. The summed E-state index contributed by atoms with van der Waals surface area (Å²) in [6.45, 7) is 8.96. The summed E-state index contributed by atoms with van der Waals surface area (Å²) in [5, 5.41) is 131. The van der Waals surface area contributed by atoms with Gasteiger partial charge in [-0.1, -0.05) is 122 Å². The molecule has 16 rings (SSSR count). The molecule has 0 aliphatic carbocycles. The number of hydrogen-bond donors (Lipinski definition) is 20. The number of aromatic hydroxyl groups is 3. The van der Waals surface area contributed by atoms with Crippen molar-refractivity contribution in [2.24, 2.45) is 17.4 Å². The highest BCUT2D eigenvalue weighted by molar-refractivity contribution is 6.32. The molecule has 0 unspecified atom stereocenters. The maximum Gasteiger partial charge on any atom is 0.248 e. The number of fused-ring (bicyclic) bond motifs is 15. The predicted molar refractivity (Wildman–Crippen MR) is 477 cm³/mol. The van der Waals surface area contributed by atoms with Crippen molar-refractivity contribution in [3.05, 3.63) is 207 Å². The molecule has 0 saturated carbocycles. The van der Waals surface area contributed by atoms with E-state index in [1.807, 2.05) is 68.4 Å². The van der Waals surface area contributed by atoms with Gasteiger partial charge in [0.2, 0.25) is 59.3 Å². The third-order valence-electron chi connectivity index (χ3n) is 24.5. The molecule has 8 aromatic carbocycles. The Labute approximate surface area is 773 Å². The third-order valence-corrected chi connectivity index (χ3v) is 25.1. The summed E-state index contributed by atoms with van der Waals surface area (Å²) in [6.07, 6.45) is -22.8. The van der Waals surface area contributed by atoms with E-state index in [1.54, 1.807) is 38.1 Å². The molecule has 11 bridgehead atoms. The van der Waals surface area contributed by atoms with Crippen LogP contribution in [0, 0.1) is 5.92 Å². The lowest BCUT2D eigenvalue weighted by Crippen LogP contribution is -2.65. The molecule has 708 valence electrons. The highest BCUT2D eigenvalue weighted by Gasteiger charge is 2.53. The zero-order valence-electron chi connectivity index (χ0n) is 73.5. The van der Waals surface area contributed by atoms with Gasteiger partial charge in [0, 0.05) is 54.2 Å². The second kappa shape index (κ2) is 40.9. The minimum absolute atomic E-state index is 0.119. The van der Waals surface area contributed by atoms with E-state index in [9.17, 15) is 55.5 Å². The van der Waals surface area contributed by atoms with E-state index in [1.165, 1.54) is 58.3 Å². The molecule has 0 radical (unpaired) electrons. The number of carbonyl (C=O) groups excluding carboxylic acids is 8. The van der Waals surface area contributed by atoms with Crippen molar-refractivity contribution in [1.82, 2.24) is 47.9 Å². The monoisotopic (exact) mass is 1880 g/mol. The molecule has 8 aliphatic heterocycles. The smallest absolute Gasteiger partial charge is 0.248 e. The normalized spacial score (nSPS) is 28.6. The Morgan fingerprint density at radius 3 is 1.85 bits per heavy atom. The number of phenols is 3. The molecule has 8 heterocycles. The average Bonchev–Trinajstić information content (AvgIpc) is 0.762. The summed E-state index contributed by atoms with van der Waals surface area (Å²) >= 11 is 14.8. The number of aliphatic hydroxyl groups is 6. The molecule has 22 atom stereocenters. The molecule has 133 heavy (non-hydrogen) atoms. The Morgan fingerprint density at radius 2 is 1.22 bits per heavy atom. The molecule has 22 N–H and O–H groups in total. The van der Waals surface area contributed by atoms with E-state index >= 15 is 28.8 Å². The van der Waals surface area contributed by atoms with E-state index in [4.69, 9.17) is 77.3 Å². The molecular formula is C94H107Cl2N11O26. The van der Waals surface area contributed by atoms with Gasteiger partial charge in [0.05, 0.1) is 60.6 Å². The molecule has 8 aliphatic rings. The third kappa shape index (κ3) is 21.7. The molecule has 3 fully saturated rings. The summed E-state index contributed by atoms with van der Waals surface area (Å²) in [5.41, 5.74) is 10.9. The summed E-state index contributed by atoms with van der Waals surface area (Å²) in [5.74, 6) is -14.4. The molecular weight excluding hydrogens is 1770 g/mol. The first-order valence-corrected chi connectivity index (χ1v) is 43.9. The van der Waals surface area contributed by atoms with Gasteiger partial charge in [-0.2, -0.15) is 0 Å². The van der Waals surface area contributed by atoms with E-state index in [2.05, 4.69) is 47.9 Å². The van der Waals surface area contributed by atoms with Crippen LogP contribution in [-0.4, -0.2) is 217 Å². The number of benzene rings is 8. The number of amides is 8. The molecule has 0 aromatic heterocycles. The van der Waals surface area contributed by atoms with Crippen LogP contribution in [-0.2, 0) is 75.1 Å². The molecule has 37 nitrogen and oxygen atoms in total. The summed E-state index contributed by atoms with van der Waals surface area (Å²) in [4.78, 5) is 124. The molecule has 0 spiro atoms. The molecule has 3 saturated heterocycles. The number of phenolic OH excluding ortho intramolecular Hbond substituents is 3. The van der Waals surface area contributed by atoms with Crippen molar-refractivity contribution < 1.29 is 127 Å². The Hall–Kier alpha value is -11.9.